The second kappa shape index (κ2) is 6.87. The molecule has 1 aliphatic rings. The first-order valence-electron chi connectivity index (χ1n) is 8.18. The van der Waals surface area contributed by atoms with Gasteiger partial charge >= 0.3 is 6.03 Å². The molecule has 3 amide bonds. The summed E-state index contributed by atoms with van der Waals surface area (Å²) in [5.41, 5.74) is -0.188. The Kier molecular flexibility index (Phi) is 4.62. The first-order chi connectivity index (χ1) is 12.5. The van der Waals surface area contributed by atoms with Gasteiger partial charge in [-0.25, -0.2) is 4.79 Å². The van der Waals surface area contributed by atoms with E-state index in [0.29, 0.717) is 23.5 Å². The summed E-state index contributed by atoms with van der Waals surface area (Å²) in [5.74, 6) is -0.288. The van der Waals surface area contributed by atoms with Crippen molar-refractivity contribution in [1.29, 1.82) is 0 Å². The van der Waals surface area contributed by atoms with Gasteiger partial charge in [-0.3, -0.25) is 4.79 Å². The summed E-state index contributed by atoms with van der Waals surface area (Å²) in [6.07, 6.45) is 1.26. The highest BCUT2D eigenvalue weighted by Gasteiger charge is 2.49. The van der Waals surface area contributed by atoms with E-state index in [9.17, 15) is 14.7 Å². The quantitative estimate of drug-likeness (QED) is 0.638. The average Bonchev–Trinajstić information content (AvgIpc) is 2.87. The predicted octanol–water partition coefficient (Wildman–Crippen LogP) is 2.59. The Balaban J connectivity index is 1.87. The van der Waals surface area contributed by atoms with Crippen molar-refractivity contribution in [3.63, 3.8) is 0 Å². The summed E-state index contributed by atoms with van der Waals surface area (Å²) in [4.78, 5) is 25.0. The zero-order valence-corrected chi connectivity index (χ0v) is 14.5. The number of para-hydroxylation sites is 1. The van der Waals surface area contributed by atoms with E-state index in [2.05, 4.69) is 10.4 Å². The van der Waals surface area contributed by atoms with E-state index in [4.69, 9.17) is 4.74 Å². The molecule has 0 unspecified atom stereocenters. The van der Waals surface area contributed by atoms with Crippen LogP contribution in [0.2, 0.25) is 0 Å². The number of imide groups is 1. The number of carbonyl (C=O) groups is 2. The maximum Gasteiger partial charge on any atom is 0.346 e. The van der Waals surface area contributed by atoms with Crippen LogP contribution in [-0.4, -0.2) is 34.9 Å². The minimum atomic E-state index is -1.19. The molecule has 0 saturated carbocycles. The Labute approximate surface area is 150 Å². The molecule has 0 aromatic heterocycles. The fourth-order valence-corrected chi connectivity index (χ4v) is 2.73. The van der Waals surface area contributed by atoms with Crippen molar-refractivity contribution in [3.05, 3.63) is 59.7 Å². The number of ether oxygens (including phenoxy) is 1. The molecule has 0 bridgehead atoms. The molecule has 0 aliphatic carbocycles. The summed E-state index contributed by atoms with van der Waals surface area (Å²) >= 11 is 0. The smallest absolute Gasteiger partial charge is 0.346 e. The van der Waals surface area contributed by atoms with Gasteiger partial charge in [0.1, 0.15) is 5.54 Å². The van der Waals surface area contributed by atoms with Crippen molar-refractivity contribution in [3.8, 4) is 11.5 Å². The summed E-state index contributed by atoms with van der Waals surface area (Å²) in [6, 6.07) is 13.2. The van der Waals surface area contributed by atoms with Crippen LogP contribution < -0.4 is 10.1 Å². The lowest BCUT2D eigenvalue weighted by Gasteiger charge is -2.20. The third-order valence-corrected chi connectivity index (χ3v) is 4.16. The van der Waals surface area contributed by atoms with Crippen molar-refractivity contribution < 1.29 is 19.4 Å². The molecule has 26 heavy (non-hydrogen) atoms. The minimum absolute atomic E-state index is 0.101. The van der Waals surface area contributed by atoms with Gasteiger partial charge in [0.05, 0.1) is 12.8 Å². The highest BCUT2D eigenvalue weighted by Crippen LogP contribution is 2.30. The topological polar surface area (TPSA) is 91.2 Å². The summed E-state index contributed by atoms with van der Waals surface area (Å²) < 4.78 is 5.31. The Morgan fingerprint density at radius 1 is 1.19 bits per heavy atom. The Bertz CT molecular complexity index is 866. The summed E-state index contributed by atoms with van der Waals surface area (Å²) in [5, 5.41) is 17.6. The SMILES string of the molecule is CCOc1cccc(/C=N/N2C(=O)N[C@](C)(c3ccccc3)C2=O)c1O. The van der Waals surface area contributed by atoms with Crippen molar-refractivity contribution in [2.24, 2.45) is 5.10 Å². The van der Waals surface area contributed by atoms with Gasteiger partial charge in [0, 0.05) is 5.56 Å². The molecule has 7 heteroatoms. The number of benzene rings is 2. The monoisotopic (exact) mass is 353 g/mol. The maximum absolute atomic E-state index is 12.8. The molecular weight excluding hydrogens is 334 g/mol. The van der Waals surface area contributed by atoms with Crippen LogP contribution in [-0.2, 0) is 10.3 Å². The molecule has 1 fully saturated rings. The lowest BCUT2D eigenvalue weighted by atomic mass is 9.92. The Hall–Kier alpha value is -3.35. The van der Waals surface area contributed by atoms with E-state index in [-0.39, 0.29) is 5.75 Å². The van der Waals surface area contributed by atoms with Crippen molar-refractivity contribution in [2.75, 3.05) is 6.61 Å². The molecular formula is C19H19N3O4. The number of hydrazone groups is 1. The maximum atomic E-state index is 12.8. The minimum Gasteiger partial charge on any atom is -0.504 e. The number of aromatic hydroxyl groups is 1. The Morgan fingerprint density at radius 2 is 1.92 bits per heavy atom. The average molecular weight is 353 g/mol. The Morgan fingerprint density at radius 3 is 2.62 bits per heavy atom. The zero-order chi connectivity index (χ0) is 18.7. The standard InChI is InChI=1S/C19H19N3O4/c1-3-26-15-11-7-8-13(16(15)23)12-20-22-17(24)19(2,21-18(22)25)14-9-5-4-6-10-14/h4-12,23H,3H2,1-2H3,(H,21,25)/b20-12+/t19-/m1/s1. The van der Waals surface area contributed by atoms with Crippen LogP contribution in [0, 0.1) is 0 Å². The highest BCUT2D eigenvalue weighted by atomic mass is 16.5. The fraction of sp³-hybridized carbons (Fsp3) is 0.211. The van der Waals surface area contributed by atoms with Crippen LogP contribution in [0.25, 0.3) is 0 Å². The number of hydrogen-bond acceptors (Lipinski definition) is 5. The molecule has 2 aromatic carbocycles. The van der Waals surface area contributed by atoms with Crippen LogP contribution >= 0.6 is 0 Å². The van der Waals surface area contributed by atoms with Crippen LogP contribution in [0.3, 0.4) is 0 Å². The first-order valence-corrected chi connectivity index (χ1v) is 8.18. The van der Waals surface area contributed by atoms with Gasteiger partial charge in [-0.15, -0.1) is 5.01 Å². The molecule has 0 radical (unpaired) electrons. The predicted molar refractivity (Wildman–Crippen MR) is 96.0 cm³/mol. The summed E-state index contributed by atoms with van der Waals surface area (Å²) in [6.45, 7) is 3.83. The number of carbonyl (C=O) groups excluding carboxylic acids is 2. The van der Waals surface area contributed by atoms with Gasteiger partial charge in [-0.1, -0.05) is 36.4 Å². The van der Waals surface area contributed by atoms with E-state index in [0.717, 1.165) is 5.01 Å². The van der Waals surface area contributed by atoms with E-state index >= 15 is 0 Å². The van der Waals surface area contributed by atoms with Crippen LogP contribution in [0.5, 0.6) is 11.5 Å². The molecule has 2 aromatic rings. The number of nitrogens with zero attached hydrogens (tertiary/aromatic N) is 2. The second-order valence-corrected chi connectivity index (χ2v) is 5.91. The zero-order valence-electron chi connectivity index (χ0n) is 14.5. The largest absolute Gasteiger partial charge is 0.504 e. The van der Waals surface area contributed by atoms with Gasteiger partial charge in [-0.2, -0.15) is 5.10 Å². The number of nitrogens with one attached hydrogen (secondary N) is 1. The van der Waals surface area contributed by atoms with Crippen LogP contribution in [0.15, 0.2) is 53.6 Å². The van der Waals surface area contributed by atoms with E-state index in [1.54, 1.807) is 56.3 Å². The van der Waals surface area contributed by atoms with Crippen molar-refractivity contribution >= 4 is 18.2 Å². The molecule has 7 nitrogen and oxygen atoms in total. The molecule has 1 aliphatic heterocycles. The summed E-state index contributed by atoms with van der Waals surface area (Å²) in [7, 11) is 0. The van der Waals surface area contributed by atoms with E-state index in [1.807, 2.05) is 6.07 Å². The third kappa shape index (κ3) is 2.99. The van der Waals surface area contributed by atoms with Gasteiger partial charge in [-0.05, 0) is 31.5 Å². The van der Waals surface area contributed by atoms with Gasteiger partial charge in [0.25, 0.3) is 5.91 Å². The molecule has 3 rings (SSSR count). The third-order valence-electron chi connectivity index (χ3n) is 4.16. The number of phenolic OH excluding ortho intramolecular Hbond substituents is 1. The number of amides is 3. The highest BCUT2D eigenvalue weighted by molar-refractivity contribution is 6.07. The lowest BCUT2D eigenvalue weighted by molar-refractivity contribution is -0.131. The number of urea groups is 1. The van der Waals surface area contributed by atoms with Crippen LogP contribution in [0.4, 0.5) is 4.79 Å². The number of rotatable bonds is 5. The number of phenols is 1. The van der Waals surface area contributed by atoms with Crippen LogP contribution in [0.1, 0.15) is 25.0 Å². The molecule has 1 heterocycles. The lowest BCUT2D eigenvalue weighted by Crippen LogP contribution is -2.40. The van der Waals surface area contributed by atoms with Crippen molar-refractivity contribution in [1.82, 2.24) is 10.3 Å². The van der Waals surface area contributed by atoms with Gasteiger partial charge < -0.3 is 15.2 Å². The molecule has 2 N–H and O–H groups in total. The fourth-order valence-electron chi connectivity index (χ4n) is 2.73. The molecule has 134 valence electrons. The first kappa shape index (κ1) is 17.5. The van der Waals surface area contributed by atoms with Gasteiger partial charge in [0.15, 0.2) is 11.5 Å². The van der Waals surface area contributed by atoms with E-state index < -0.39 is 17.5 Å². The van der Waals surface area contributed by atoms with Crippen molar-refractivity contribution in [2.45, 2.75) is 19.4 Å². The second-order valence-electron chi connectivity index (χ2n) is 5.91. The molecule has 1 atom stereocenters. The normalized spacial score (nSPS) is 19.8. The van der Waals surface area contributed by atoms with E-state index in [1.165, 1.54) is 6.21 Å². The molecule has 0 spiro atoms. The number of hydrogen-bond donors (Lipinski definition) is 2. The van der Waals surface area contributed by atoms with Gasteiger partial charge in [0.2, 0.25) is 0 Å². The molecule has 1 saturated heterocycles.